The van der Waals surface area contributed by atoms with Gasteiger partial charge in [0.2, 0.25) is 0 Å². The molecule has 2 nitrogen and oxygen atoms in total. The average Bonchev–Trinajstić information content (AvgIpc) is 2.36. The van der Waals surface area contributed by atoms with Crippen LogP contribution in [-0.2, 0) is 10.8 Å². The normalized spacial score (nSPS) is 14.4. The number of hydrogen-bond acceptors (Lipinski definition) is 2. The van der Waals surface area contributed by atoms with Gasteiger partial charge < -0.3 is 5.32 Å². The quantitative estimate of drug-likeness (QED) is 0.791. The summed E-state index contributed by atoms with van der Waals surface area (Å²) in [4.78, 5) is 0.758. The van der Waals surface area contributed by atoms with Crippen molar-refractivity contribution >= 4 is 22.4 Å². The summed E-state index contributed by atoms with van der Waals surface area (Å²) in [5.74, 6) is 0.682. The highest BCUT2D eigenvalue weighted by atomic mass is 35.5. The van der Waals surface area contributed by atoms with Crippen LogP contribution in [0.15, 0.2) is 29.2 Å². The fourth-order valence-electron chi connectivity index (χ4n) is 1.75. The highest BCUT2D eigenvalue weighted by molar-refractivity contribution is 7.85. The highest BCUT2D eigenvalue weighted by Crippen LogP contribution is 2.19. The Bertz CT molecular complexity index is 384. The third kappa shape index (κ3) is 5.51. The third-order valence-electron chi connectivity index (χ3n) is 2.79. The predicted octanol–water partition coefficient (Wildman–Crippen LogP) is 3.62. The molecule has 0 heterocycles. The molecule has 1 rings (SSSR count). The van der Waals surface area contributed by atoms with E-state index in [0.29, 0.717) is 16.8 Å². The van der Waals surface area contributed by atoms with E-state index in [0.717, 1.165) is 30.7 Å². The molecule has 0 fully saturated rings. The summed E-state index contributed by atoms with van der Waals surface area (Å²) in [6.45, 7) is 5.38. The van der Waals surface area contributed by atoms with Gasteiger partial charge in [-0.15, -0.1) is 0 Å². The van der Waals surface area contributed by atoms with Gasteiger partial charge in [0, 0.05) is 11.8 Å². The van der Waals surface area contributed by atoms with Gasteiger partial charge in [0.15, 0.2) is 0 Å². The molecule has 0 saturated carbocycles. The number of hydrogen-bond donors (Lipinski definition) is 1. The van der Waals surface area contributed by atoms with Crippen LogP contribution in [0.2, 0.25) is 5.02 Å². The molecule has 0 aliphatic heterocycles. The Morgan fingerprint density at radius 2 is 2.11 bits per heavy atom. The Labute approximate surface area is 118 Å². The van der Waals surface area contributed by atoms with Gasteiger partial charge in [-0.05, 0) is 44.9 Å². The van der Waals surface area contributed by atoms with Crippen molar-refractivity contribution in [2.24, 2.45) is 0 Å². The van der Waals surface area contributed by atoms with Crippen LogP contribution in [-0.4, -0.2) is 22.5 Å². The van der Waals surface area contributed by atoms with Crippen molar-refractivity contribution in [1.82, 2.24) is 5.32 Å². The standard InChI is InChI=1S/C14H22ClNOS/c1-3-10-16-12(2)7-6-11-18(17)14-9-5-4-8-13(14)15/h4-5,8-9,12,16H,3,6-7,10-11H2,1-2H3. The molecular formula is C14H22ClNOS. The molecule has 2 atom stereocenters. The van der Waals surface area contributed by atoms with Crippen LogP contribution in [0.1, 0.15) is 33.1 Å². The van der Waals surface area contributed by atoms with Crippen LogP contribution in [0.5, 0.6) is 0 Å². The fraction of sp³-hybridized carbons (Fsp3) is 0.571. The maximum atomic E-state index is 12.1. The van der Waals surface area contributed by atoms with E-state index >= 15 is 0 Å². The molecule has 0 aromatic heterocycles. The lowest BCUT2D eigenvalue weighted by Crippen LogP contribution is -2.26. The second-order valence-corrected chi connectivity index (χ2v) is 6.42. The van der Waals surface area contributed by atoms with Gasteiger partial charge in [-0.1, -0.05) is 30.7 Å². The van der Waals surface area contributed by atoms with Gasteiger partial charge in [-0.2, -0.15) is 0 Å². The lowest BCUT2D eigenvalue weighted by Gasteiger charge is -2.12. The van der Waals surface area contributed by atoms with Crippen LogP contribution in [0.4, 0.5) is 0 Å². The Balaban J connectivity index is 2.32. The minimum absolute atomic E-state index is 0.494. The van der Waals surface area contributed by atoms with Crippen LogP contribution in [0.25, 0.3) is 0 Å². The lowest BCUT2D eigenvalue weighted by molar-refractivity contribution is 0.509. The molecule has 2 unspecified atom stereocenters. The first-order chi connectivity index (χ1) is 8.65. The predicted molar refractivity (Wildman–Crippen MR) is 79.7 cm³/mol. The van der Waals surface area contributed by atoms with Crippen LogP contribution in [0, 0.1) is 0 Å². The summed E-state index contributed by atoms with van der Waals surface area (Å²) in [7, 11) is -0.977. The second-order valence-electron chi connectivity index (χ2n) is 4.48. The monoisotopic (exact) mass is 287 g/mol. The molecule has 1 aromatic rings. The molecule has 0 saturated heterocycles. The molecule has 1 N–H and O–H groups in total. The van der Waals surface area contributed by atoms with E-state index < -0.39 is 10.8 Å². The van der Waals surface area contributed by atoms with Gasteiger partial charge >= 0.3 is 0 Å². The minimum atomic E-state index is -0.977. The Morgan fingerprint density at radius 1 is 1.39 bits per heavy atom. The zero-order chi connectivity index (χ0) is 13.4. The summed E-state index contributed by atoms with van der Waals surface area (Å²) in [6, 6.07) is 7.87. The molecule has 1 aromatic carbocycles. The molecule has 4 heteroatoms. The second kappa shape index (κ2) is 8.68. The van der Waals surface area contributed by atoms with Crippen molar-refractivity contribution in [2.75, 3.05) is 12.3 Å². The van der Waals surface area contributed by atoms with Crippen LogP contribution >= 0.6 is 11.6 Å². The first-order valence-electron chi connectivity index (χ1n) is 6.51. The summed E-state index contributed by atoms with van der Waals surface area (Å²) in [5.41, 5.74) is 0. The molecule has 18 heavy (non-hydrogen) atoms. The zero-order valence-corrected chi connectivity index (χ0v) is 12.7. The fourth-order valence-corrected chi connectivity index (χ4v) is 3.31. The molecule has 0 spiro atoms. The number of benzene rings is 1. The summed E-state index contributed by atoms with van der Waals surface area (Å²) in [5, 5.41) is 4.04. The molecule has 0 amide bonds. The van der Waals surface area contributed by atoms with Crippen molar-refractivity contribution in [3.63, 3.8) is 0 Å². The van der Waals surface area contributed by atoms with E-state index in [1.54, 1.807) is 6.07 Å². The molecule has 102 valence electrons. The van der Waals surface area contributed by atoms with Crippen LogP contribution in [0.3, 0.4) is 0 Å². The van der Waals surface area contributed by atoms with Gasteiger partial charge in [-0.25, -0.2) is 0 Å². The summed E-state index contributed by atoms with van der Waals surface area (Å²) >= 11 is 6.02. The zero-order valence-electron chi connectivity index (χ0n) is 11.1. The molecular weight excluding hydrogens is 266 g/mol. The van der Waals surface area contributed by atoms with Crippen molar-refractivity contribution < 1.29 is 4.21 Å². The maximum Gasteiger partial charge on any atom is 0.0574 e. The van der Waals surface area contributed by atoms with Gasteiger partial charge in [0.25, 0.3) is 0 Å². The molecule has 0 radical (unpaired) electrons. The Morgan fingerprint density at radius 3 is 2.78 bits per heavy atom. The SMILES string of the molecule is CCCNC(C)CCCS(=O)c1ccccc1Cl. The first-order valence-corrected chi connectivity index (χ1v) is 8.21. The van der Waals surface area contributed by atoms with Crippen molar-refractivity contribution in [3.05, 3.63) is 29.3 Å². The van der Waals surface area contributed by atoms with E-state index in [2.05, 4.69) is 19.2 Å². The molecule has 0 aliphatic rings. The molecule has 0 bridgehead atoms. The number of nitrogens with one attached hydrogen (secondary N) is 1. The largest absolute Gasteiger partial charge is 0.314 e. The molecule has 0 aliphatic carbocycles. The van der Waals surface area contributed by atoms with Gasteiger partial charge in [-0.3, -0.25) is 4.21 Å². The van der Waals surface area contributed by atoms with Gasteiger partial charge in [0.05, 0.1) is 20.7 Å². The summed E-state index contributed by atoms with van der Waals surface area (Å²) in [6.07, 6.45) is 3.15. The van der Waals surface area contributed by atoms with Gasteiger partial charge in [0.1, 0.15) is 0 Å². The van der Waals surface area contributed by atoms with E-state index in [4.69, 9.17) is 11.6 Å². The van der Waals surface area contributed by atoms with Crippen LogP contribution < -0.4 is 5.32 Å². The van der Waals surface area contributed by atoms with E-state index in [-0.39, 0.29) is 0 Å². The van der Waals surface area contributed by atoms with Crippen molar-refractivity contribution in [3.8, 4) is 0 Å². The number of rotatable bonds is 8. The highest BCUT2D eigenvalue weighted by Gasteiger charge is 2.08. The van der Waals surface area contributed by atoms with E-state index in [9.17, 15) is 4.21 Å². The third-order valence-corrected chi connectivity index (χ3v) is 4.74. The van der Waals surface area contributed by atoms with E-state index in [1.165, 1.54) is 0 Å². The first kappa shape index (κ1) is 15.7. The minimum Gasteiger partial charge on any atom is -0.314 e. The Hall–Kier alpha value is -0.380. The number of halogens is 1. The van der Waals surface area contributed by atoms with Crippen molar-refractivity contribution in [1.29, 1.82) is 0 Å². The topological polar surface area (TPSA) is 29.1 Å². The average molecular weight is 288 g/mol. The van der Waals surface area contributed by atoms with E-state index in [1.807, 2.05) is 18.2 Å². The Kier molecular flexibility index (Phi) is 7.56. The smallest absolute Gasteiger partial charge is 0.0574 e. The van der Waals surface area contributed by atoms with Crippen molar-refractivity contribution in [2.45, 2.75) is 44.0 Å². The maximum absolute atomic E-state index is 12.1. The summed E-state index contributed by atoms with van der Waals surface area (Å²) < 4.78 is 12.1. The lowest BCUT2D eigenvalue weighted by atomic mass is 10.2.